The van der Waals surface area contributed by atoms with Gasteiger partial charge in [0.05, 0.1) is 0 Å². The molecular weight excluding hydrogens is 177 g/mol. The molecule has 2 rings (SSSR count). The Hall–Kier alpha value is -1.44. The van der Waals surface area contributed by atoms with Crippen molar-refractivity contribution in [2.24, 2.45) is 0 Å². The number of rotatable bonds is 1. The van der Waals surface area contributed by atoms with E-state index in [0.717, 1.165) is 5.39 Å². The van der Waals surface area contributed by atoms with Crippen LogP contribution in [0.3, 0.4) is 0 Å². The van der Waals surface area contributed by atoms with Gasteiger partial charge in [-0.1, -0.05) is 26.0 Å². The molecule has 72 valence electrons. The van der Waals surface area contributed by atoms with Crippen LogP contribution in [0.25, 0.3) is 10.8 Å². The lowest BCUT2D eigenvalue weighted by molar-refractivity contribution is 0.596. The number of fused-ring (bicyclic) bond motifs is 1. The van der Waals surface area contributed by atoms with Gasteiger partial charge in [0.2, 0.25) is 5.95 Å². The number of aromatic nitrogens is 1. The summed E-state index contributed by atoms with van der Waals surface area (Å²) in [7, 11) is 0. The summed E-state index contributed by atoms with van der Waals surface area (Å²) in [6, 6.07) is 7.61. The van der Waals surface area contributed by atoms with Crippen molar-refractivity contribution in [3.05, 3.63) is 42.0 Å². The zero-order valence-corrected chi connectivity index (χ0v) is 8.29. The van der Waals surface area contributed by atoms with Gasteiger partial charge in [0, 0.05) is 11.6 Å². The Bertz CT molecular complexity index is 463. The van der Waals surface area contributed by atoms with Gasteiger partial charge in [0.15, 0.2) is 0 Å². The van der Waals surface area contributed by atoms with Gasteiger partial charge in [-0.3, -0.25) is 0 Å². The lowest BCUT2D eigenvalue weighted by atomic mass is 10.0. The predicted molar refractivity (Wildman–Crippen MR) is 55.8 cm³/mol. The van der Waals surface area contributed by atoms with Crippen LogP contribution in [0.1, 0.15) is 25.3 Å². The van der Waals surface area contributed by atoms with E-state index in [4.69, 9.17) is 0 Å². The van der Waals surface area contributed by atoms with Crippen molar-refractivity contribution in [1.82, 2.24) is 4.98 Å². The van der Waals surface area contributed by atoms with Gasteiger partial charge >= 0.3 is 0 Å². The molecule has 0 radical (unpaired) electrons. The van der Waals surface area contributed by atoms with Gasteiger partial charge in [-0.2, -0.15) is 4.39 Å². The van der Waals surface area contributed by atoms with Crippen molar-refractivity contribution in [2.45, 2.75) is 19.8 Å². The number of pyridine rings is 1. The number of halogens is 1. The highest BCUT2D eigenvalue weighted by Crippen LogP contribution is 2.21. The summed E-state index contributed by atoms with van der Waals surface area (Å²) < 4.78 is 13.2. The summed E-state index contributed by atoms with van der Waals surface area (Å²) in [6.45, 7) is 4.25. The van der Waals surface area contributed by atoms with Crippen molar-refractivity contribution < 1.29 is 4.39 Å². The van der Waals surface area contributed by atoms with E-state index in [0.29, 0.717) is 11.3 Å². The molecule has 0 fully saturated rings. The van der Waals surface area contributed by atoms with Crippen molar-refractivity contribution in [2.75, 3.05) is 0 Å². The zero-order chi connectivity index (χ0) is 10.1. The molecule has 1 nitrogen and oxygen atoms in total. The SMILES string of the molecule is CC(C)c1ccc2c(F)nccc2c1. The van der Waals surface area contributed by atoms with Gasteiger partial charge in [-0.05, 0) is 29.0 Å². The topological polar surface area (TPSA) is 12.9 Å². The van der Waals surface area contributed by atoms with E-state index in [9.17, 15) is 4.39 Å². The van der Waals surface area contributed by atoms with Crippen LogP contribution in [0.15, 0.2) is 30.5 Å². The minimum atomic E-state index is -0.391. The molecule has 0 aliphatic rings. The van der Waals surface area contributed by atoms with Crippen LogP contribution in [0.4, 0.5) is 4.39 Å². The van der Waals surface area contributed by atoms with Crippen molar-refractivity contribution in [1.29, 1.82) is 0 Å². The Kier molecular flexibility index (Phi) is 2.20. The second-order valence-electron chi connectivity index (χ2n) is 3.74. The lowest BCUT2D eigenvalue weighted by Gasteiger charge is -2.06. The van der Waals surface area contributed by atoms with E-state index < -0.39 is 5.95 Å². The van der Waals surface area contributed by atoms with Crippen LogP contribution in [0, 0.1) is 5.95 Å². The largest absolute Gasteiger partial charge is 0.228 e. The third kappa shape index (κ3) is 1.48. The average Bonchev–Trinajstić information content (AvgIpc) is 2.17. The minimum Gasteiger partial charge on any atom is -0.228 e. The molecule has 14 heavy (non-hydrogen) atoms. The maximum Gasteiger partial charge on any atom is 0.220 e. The van der Waals surface area contributed by atoms with Crippen LogP contribution in [0.5, 0.6) is 0 Å². The normalized spacial score (nSPS) is 11.1. The fourth-order valence-corrected chi connectivity index (χ4v) is 1.52. The van der Waals surface area contributed by atoms with Gasteiger partial charge in [0.25, 0.3) is 0 Å². The Morgan fingerprint density at radius 1 is 1.21 bits per heavy atom. The maximum absolute atomic E-state index is 13.2. The van der Waals surface area contributed by atoms with Gasteiger partial charge in [-0.25, -0.2) is 4.98 Å². The first-order valence-corrected chi connectivity index (χ1v) is 4.72. The summed E-state index contributed by atoms with van der Waals surface area (Å²) in [6.07, 6.45) is 1.50. The van der Waals surface area contributed by atoms with Crippen LogP contribution < -0.4 is 0 Å². The van der Waals surface area contributed by atoms with E-state index in [1.807, 2.05) is 18.2 Å². The molecule has 0 spiro atoms. The summed E-state index contributed by atoms with van der Waals surface area (Å²) >= 11 is 0. The lowest BCUT2D eigenvalue weighted by Crippen LogP contribution is -1.89. The Balaban J connectivity index is 2.67. The second-order valence-corrected chi connectivity index (χ2v) is 3.74. The van der Waals surface area contributed by atoms with Crippen LogP contribution in [0.2, 0.25) is 0 Å². The standard InChI is InChI=1S/C12H12FN/c1-8(2)9-3-4-11-10(7-9)5-6-14-12(11)13/h3-8H,1-2H3. The fraction of sp³-hybridized carbons (Fsp3) is 0.250. The first kappa shape index (κ1) is 9.13. The third-order valence-electron chi connectivity index (χ3n) is 2.41. The minimum absolute atomic E-state index is 0.391. The quantitative estimate of drug-likeness (QED) is 0.626. The van der Waals surface area contributed by atoms with Crippen molar-refractivity contribution in [3.8, 4) is 0 Å². The molecule has 1 heterocycles. The predicted octanol–water partition coefficient (Wildman–Crippen LogP) is 3.50. The van der Waals surface area contributed by atoms with E-state index in [2.05, 4.69) is 18.8 Å². The molecule has 0 aliphatic heterocycles. The van der Waals surface area contributed by atoms with Crippen LogP contribution >= 0.6 is 0 Å². The first-order valence-electron chi connectivity index (χ1n) is 4.72. The summed E-state index contributed by atoms with van der Waals surface area (Å²) in [4.78, 5) is 3.62. The molecule has 0 bridgehead atoms. The van der Waals surface area contributed by atoms with Crippen LogP contribution in [-0.2, 0) is 0 Å². The zero-order valence-electron chi connectivity index (χ0n) is 8.29. The molecule has 2 heteroatoms. The summed E-state index contributed by atoms with van der Waals surface area (Å²) in [5, 5.41) is 1.51. The van der Waals surface area contributed by atoms with E-state index in [-0.39, 0.29) is 0 Å². The Morgan fingerprint density at radius 3 is 2.71 bits per heavy atom. The number of hydrogen-bond donors (Lipinski definition) is 0. The van der Waals surface area contributed by atoms with Crippen molar-refractivity contribution in [3.63, 3.8) is 0 Å². The monoisotopic (exact) mass is 189 g/mol. The number of hydrogen-bond acceptors (Lipinski definition) is 1. The highest BCUT2D eigenvalue weighted by molar-refractivity contribution is 5.82. The average molecular weight is 189 g/mol. The molecular formula is C12H12FN. The van der Waals surface area contributed by atoms with E-state index in [1.54, 1.807) is 6.07 Å². The molecule has 0 N–H and O–H groups in total. The molecule has 1 aromatic carbocycles. The Labute approximate surface area is 82.6 Å². The summed E-state index contributed by atoms with van der Waals surface area (Å²) in [5.41, 5.74) is 1.23. The summed E-state index contributed by atoms with van der Waals surface area (Å²) in [5.74, 6) is 0.0773. The number of benzene rings is 1. The molecule has 0 atom stereocenters. The fourth-order valence-electron chi connectivity index (χ4n) is 1.52. The molecule has 0 saturated heterocycles. The number of nitrogens with zero attached hydrogens (tertiary/aromatic N) is 1. The van der Waals surface area contributed by atoms with Crippen molar-refractivity contribution >= 4 is 10.8 Å². The van der Waals surface area contributed by atoms with Crippen LogP contribution in [-0.4, -0.2) is 4.98 Å². The smallest absolute Gasteiger partial charge is 0.220 e. The Morgan fingerprint density at radius 2 is 2.00 bits per heavy atom. The molecule has 0 amide bonds. The van der Waals surface area contributed by atoms with Gasteiger partial charge in [0.1, 0.15) is 0 Å². The van der Waals surface area contributed by atoms with Gasteiger partial charge in [-0.15, -0.1) is 0 Å². The highest BCUT2D eigenvalue weighted by atomic mass is 19.1. The highest BCUT2D eigenvalue weighted by Gasteiger charge is 2.03. The van der Waals surface area contributed by atoms with E-state index in [1.165, 1.54) is 11.8 Å². The van der Waals surface area contributed by atoms with E-state index >= 15 is 0 Å². The first-order chi connectivity index (χ1) is 6.68. The third-order valence-corrected chi connectivity index (χ3v) is 2.41. The maximum atomic E-state index is 13.2. The molecule has 2 aromatic rings. The molecule has 1 aromatic heterocycles. The molecule has 0 aliphatic carbocycles. The second kappa shape index (κ2) is 3.37. The van der Waals surface area contributed by atoms with Gasteiger partial charge < -0.3 is 0 Å². The molecule has 0 saturated carbocycles. The molecule has 0 unspecified atom stereocenters.